The van der Waals surface area contributed by atoms with E-state index in [9.17, 15) is 0 Å². The number of aryl methyl sites for hydroxylation is 1. The van der Waals surface area contributed by atoms with Crippen molar-refractivity contribution < 1.29 is 4.42 Å². The molecule has 0 unspecified atom stereocenters. The summed E-state index contributed by atoms with van der Waals surface area (Å²) in [6.45, 7) is 4.14. The maximum atomic E-state index is 6.21. The van der Waals surface area contributed by atoms with Gasteiger partial charge in [0.2, 0.25) is 0 Å². The van der Waals surface area contributed by atoms with Gasteiger partial charge in [0, 0.05) is 34.5 Å². The molecule has 142 valence electrons. The van der Waals surface area contributed by atoms with E-state index in [1.54, 1.807) is 6.20 Å². The fourth-order valence-electron chi connectivity index (χ4n) is 4.00. The second-order valence-electron chi connectivity index (χ2n) is 7.40. The third kappa shape index (κ3) is 2.86. The Morgan fingerprint density at radius 2 is 1.96 bits per heavy atom. The monoisotopic (exact) mass is 373 g/mol. The van der Waals surface area contributed by atoms with Crippen LogP contribution in [-0.4, -0.2) is 27.9 Å². The highest BCUT2D eigenvalue weighted by Crippen LogP contribution is 2.37. The maximum absolute atomic E-state index is 6.21. The lowest BCUT2D eigenvalue weighted by atomic mass is 10.0. The number of hydrogen-bond acceptors (Lipinski definition) is 5. The van der Waals surface area contributed by atoms with Crippen molar-refractivity contribution in [2.75, 3.05) is 18.8 Å². The molecule has 0 amide bonds. The summed E-state index contributed by atoms with van der Waals surface area (Å²) in [5, 5.41) is 9.09. The number of nitrogens with zero attached hydrogens (tertiary/aromatic N) is 3. The smallest absolute Gasteiger partial charge is 0.142 e. The fourth-order valence-corrected chi connectivity index (χ4v) is 4.00. The van der Waals surface area contributed by atoms with Crippen LogP contribution in [0.2, 0.25) is 0 Å². The summed E-state index contributed by atoms with van der Waals surface area (Å²) in [7, 11) is 0. The molecule has 1 saturated heterocycles. The number of rotatable bonds is 3. The van der Waals surface area contributed by atoms with Crippen LogP contribution >= 0.6 is 0 Å². The Hall–Kier alpha value is -3.12. The van der Waals surface area contributed by atoms with E-state index in [4.69, 9.17) is 10.2 Å². The van der Waals surface area contributed by atoms with E-state index in [1.807, 2.05) is 24.4 Å². The molecule has 6 nitrogen and oxygen atoms in total. The van der Waals surface area contributed by atoms with Crippen LogP contribution in [0.25, 0.3) is 33.4 Å². The van der Waals surface area contributed by atoms with Crippen molar-refractivity contribution in [3.63, 3.8) is 0 Å². The Morgan fingerprint density at radius 1 is 1.14 bits per heavy atom. The molecule has 0 spiro atoms. The topological polar surface area (TPSA) is 81.9 Å². The number of nitrogens with two attached hydrogens (primary N) is 1. The SMILES string of the molecule is Cc1c(-c2cc(-c3cnn(C4CCNCC4)c3)cnc2N)oc2ccccc12. The second kappa shape index (κ2) is 6.80. The van der Waals surface area contributed by atoms with Crippen LogP contribution < -0.4 is 11.1 Å². The molecule has 0 atom stereocenters. The average Bonchev–Trinajstić information content (AvgIpc) is 3.35. The minimum absolute atomic E-state index is 0.453. The van der Waals surface area contributed by atoms with Gasteiger partial charge in [-0.15, -0.1) is 0 Å². The molecule has 0 saturated carbocycles. The molecule has 1 fully saturated rings. The van der Waals surface area contributed by atoms with Crippen molar-refractivity contribution in [1.29, 1.82) is 0 Å². The largest absolute Gasteiger partial charge is 0.456 e. The summed E-state index contributed by atoms with van der Waals surface area (Å²) in [6.07, 6.45) is 8.03. The molecule has 0 bridgehead atoms. The summed E-state index contributed by atoms with van der Waals surface area (Å²) in [4.78, 5) is 4.44. The first-order valence-electron chi connectivity index (χ1n) is 9.70. The number of hydrogen-bond donors (Lipinski definition) is 2. The number of pyridine rings is 1. The molecular weight excluding hydrogens is 350 g/mol. The van der Waals surface area contributed by atoms with Gasteiger partial charge in [0.15, 0.2) is 0 Å². The lowest BCUT2D eigenvalue weighted by molar-refractivity contribution is 0.343. The third-order valence-electron chi connectivity index (χ3n) is 5.62. The van der Waals surface area contributed by atoms with Gasteiger partial charge in [0.05, 0.1) is 17.8 Å². The molecule has 0 aliphatic carbocycles. The van der Waals surface area contributed by atoms with Crippen LogP contribution in [-0.2, 0) is 0 Å². The van der Waals surface area contributed by atoms with E-state index in [-0.39, 0.29) is 0 Å². The molecule has 1 aromatic carbocycles. The Bertz CT molecular complexity index is 1140. The van der Waals surface area contributed by atoms with Crippen molar-refractivity contribution in [2.24, 2.45) is 0 Å². The highest BCUT2D eigenvalue weighted by Gasteiger charge is 2.18. The Morgan fingerprint density at radius 3 is 2.79 bits per heavy atom. The summed E-state index contributed by atoms with van der Waals surface area (Å²) in [6, 6.07) is 10.5. The van der Waals surface area contributed by atoms with Gasteiger partial charge in [0.25, 0.3) is 0 Å². The number of para-hydroxylation sites is 1. The molecule has 1 aliphatic heterocycles. The van der Waals surface area contributed by atoms with Crippen LogP contribution in [0.15, 0.2) is 53.3 Å². The van der Waals surface area contributed by atoms with Gasteiger partial charge >= 0.3 is 0 Å². The van der Waals surface area contributed by atoms with Crippen LogP contribution in [0.4, 0.5) is 5.82 Å². The van der Waals surface area contributed by atoms with Crippen molar-refractivity contribution in [2.45, 2.75) is 25.8 Å². The minimum atomic E-state index is 0.453. The second-order valence-corrected chi connectivity index (χ2v) is 7.40. The van der Waals surface area contributed by atoms with Crippen LogP contribution in [0.1, 0.15) is 24.4 Å². The van der Waals surface area contributed by atoms with Gasteiger partial charge in [0.1, 0.15) is 17.2 Å². The molecule has 3 N–H and O–H groups in total. The van der Waals surface area contributed by atoms with Crippen molar-refractivity contribution in [3.05, 3.63) is 54.5 Å². The van der Waals surface area contributed by atoms with E-state index in [1.165, 1.54) is 0 Å². The quantitative estimate of drug-likeness (QED) is 0.563. The van der Waals surface area contributed by atoms with Crippen molar-refractivity contribution in [1.82, 2.24) is 20.1 Å². The molecule has 28 heavy (non-hydrogen) atoms. The normalized spacial score (nSPS) is 15.3. The zero-order valence-electron chi connectivity index (χ0n) is 15.9. The number of fused-ring (bicyclic) bond motifs is 1. The molecule has 0 radical (unpaired) electrons. The first kappa shape index (κ1) is 17.0. The molecule has 1 aliphatic rings. The standard InChI is InChI=1S/C22H23N5O/c1-14-18-4-2-3-5-20(18)28-21(14)19-10-15(11-25-22(19)23)16-12-26-27(13-16)17-6-8-24-9-7-17/h2-5,10-13,17,24H,6-9H2,1H3,(H2,23,25). The van der Waals surface area contributed by atoms with Gasteiger partial charge in [-0.25, -0.2) is 4.98 Å². The van der Waals surface area contributed by atoms with Gasteiger partial charge < -0.3 is 15.5 Å². The maximum Gasteiger partial charge on any atom is 0.142 e. The first-order valence-corrected chi connectivity index (χ1v) is 9.70. The number of piperidine rings is 1. The highest BCUT2D eigenvalue weighted by molar-refractivity contribution is 5.90. The van der Waals surface area contributed by atoms with E-state index >= 15 is 0 Å². The van der Waals surface area contributed by atoms with Crippen molar-refractivity contribution >= 4 is 16.8 Å². The van der Waals surface area contributed by atoms with Gasteiger partial charge in [-0.05, 0) is 45.0 Å². The van der Waals surface area contributed by atoms with E-state index in [0.29, 0.717) is 11.9 Å². The molecule has 3 aromatic heterocycles. The van der Waals surface area contributed by atoms with Gasteiger partial charge in [-0.1, -0.05) is 18.2 Å². The minimum Gasteiger partial charge on any atom is -0.456 e. The zero-order valence-corrected chi connectivity index (χ0v) is 15.9. The zero-order chi connectivity index (χ0) is 19.1. The summed E-state index contributed by atoms with van der Waals surface area (Å²) >= 11 is 0. The van der Waals surface area contributed by atoms with E-state index in [0.717, 1.165) is 64.9 Å². The fraction of sp³-hybridized carbons (Fsp3) is 0.273. The Kier molecular flexibility index (Phi) is 4.13. The van der Waals surface area contributed by atoms with Crippen molar-refractivity contribution in [3.8, 4) is 22.5 Å². The number of nitrogens with one attached hydrogen (secondary N) is 1. The van der Waals surface area contributed by atoms with E-state index < -0.39 is 0 Å². The highest BCUT2D eigenvalue weighted by atomic mass is 16.3. The summed E-state index contributed by atoms with van der Waals surface area (Å²) in [5.74, 6) is 1.25. The third-order valence-corrected chi connectivity index (χ3v) is 5.62. The average molecular weight is 373 g/mol. The van der Waals surface area contributed by atoms with Crippen LogP contribution in [0.3, 0.4) is 0 Å². The van der Waals surface area contributed by atoms with E-state index in [2.05, 4.69) is 45.3 Å². The number of aromatic nitrogens is 3. The first-order chi connectivity index (χ1) is 13.7. The number of nitrogen functional groups attached to an aromatic ring is 1. The number of furan rings is 1. The summed E-state index contributed by atoms with van der Waals surface area (Å²) in [5.41, 5.74) is 11.0. The number of benzene rings is 1. The summed E-state index contributed by atoms with van der Waals surface area (Å²) < 4.78 is 8.19. The lowest BCUT2D eigenvalue weighted by Crippen LogP contribution is -2.29. The van der Waals surface area contributed by atoms with Gasteiger partial charge in [-0.2, -0.15) is 5.10 Å². The predicted molar refractivity (Wildman–Crippen MR) is 111 cm³/mol. The molecule has 6 heteroatoms. The van der Waals surface area contributed by atoms with Gasteiger partial charge in [-0.3, -0.25) is 4.68 Å². The van der Waals surface area contributed by atoms with Crippen LogP contribution in [0.5, 0.6) is 0 Å². The molecule has 5 rings (SSSR count). The lowest BCUT2D eigenvalue weighted by Gasteiger charge is -2.22. The van der Waals surface area contributed by atoms with Crippen LogP contribution in [0, 0.1) is 6.92 Å². The Labute approximate surface area is 163 Å². The molecule has 4 aromatic rings. The Balaban J connectivity index is 1.54. The predicted octanol–water partition coefficient (Wildman–Crippen LogP) is 4.17. The number of anilines is 1. The molecular formula is C22H23N5O. The molecule has 4 heterocycles.